The molecular formula is C41H56N12O3S. The van der Waals surface area contributed by atoms with Gasteiger partial charge in [0, 0.05) is 71.2 Å². The van der Waals surface area contributed by atoms with E-state index in [0.717, 1.165) is 101 Å². The molecule has 0 atom stereocenters. The summed E-state index contributed by atoms with van der Waals surface area (Å²) in [4.78, 5) is 33.3. The summed E-state index contributed by atoms with van der Waals surface area (Å²) in [6.07, 6.45) is 23.3. The summed E-state index contributed by atoms with van der Waals surface area (Å²) < 4.78 is 27.0. The maximum atomic E-state index is 11.1. The Labute approximate surface area is 335 Å². The fourth-order valence-electron chi connectivity index (χ4n) is 7.76. The monoisotopic (exact) mass is 796 g/mol. The zero-order valence-corrected chi connectivity index (χ0v) is 33.9. The molecule has 6 aromatic heterocycles. The summed E-state index contributed by atoms with van der Waals surface area (Å²) in [5.41, 5.74) is 10.1. The number of anilines is 2. The first kappa shape index (κ1) is 41.6. The molecule has 0 unspecified atom stereocenters. The van der Waals surface area contributed by atoms with E-state index >= 15 is 0 Å². The number of aromatic nitrogens is 8. The molecule has 7 N–H and O–H groups in total. The van der Waals surface area contributed by atoms with Gasteiger partial charge in [-0.2, -0.15) is 8.42 Å². The second-order valence-corrected chi connectivity index (χ2v) is 16.3. The van der Waals surface area contributed by atoms with Gasteiger partial charge in [0.25, 0.3) is 10.1 Å². The standard InChI is InChI=1S/C20H26N6.C20H25N5O3S.CH5N/c1-21-11-8-14-4-6-15(7-5-14)25-20-23-12-9-18(26-20)17-13-24-19-16(17)3-2-10-22-19;1-29(26,27)28-12-9-14-4-6-15(7-5-14)24-20-22-11-8-18(25-20)17-13-23-19-16(17)3-2-10-21-19;1-2/h2-3,9-10,12-15,21H,4-8,11H2,1H3,(H,22,24)(H,23,25,26);2-3,8,10-11,13-15H,4-7,9,12H2,1H3,(H,21,23)(H,22,24,25);2H2,1H3. The van der Waals surface area contributed by atoms with Gasteiger partial charge in [-0.3, -0.25) is 4.18 Å². The van der Waals surface area contributed by atoms with E-state index in [0.29, 0.717) is 23.9 Å². The molecule has 0 saturated heterocycles. The van der Waals surface area contributed by atoms with Crippen molar-refractivity contribution in [1.82, 2.24) is 45.2 Å². The first-order valence-electron chi connectivity index (χ1n) is 19.9. The molecule has 6 heterocycles. The lowest BCUT2D eigenvalue weighted by Gasteiger charge is -2.29. The highest BCUT2D eigenvalue weighted by molar-refractivity contribution is 7.85. The van der Waals surface area contributed by atoms with Gasteiger partial charge in [-0.1, -0.05) is 0 Å². The number of nitrogens with two attached hydrogens (primary N) is 1. The molecular weight excluding hydrogens is 741 g/mol. The van der Waals surface area contributed by atoms with Crippen LogP contribution in [0.4, 0.5) is 11.9 Å². The molecule has 8 rings (SSSR count). The molecule has 16 heteroatoms. The Balaban J connectivity index is 0.000000186. The molecule has 0 amide bonds. The second kappa shape index (κ2) is 20.4. The summed E-state index contributed by atoms with van der Waals surface area (Å²) in [5.74, 6) is 2.70. The second-order valence-electron chi connectivity index (χ2n) is 14.7. The molecule has 6 aromatic rings. The number of nitrogens with one attached hydrogen (secondary N) is 5. The summed E-state index contributed by atoms with van der Waals surface area (Å²) in [6, 6.07) is 12.6. The van der Waals surface area contributed by atoms with Crippen LogP contribution in [0.15, 0.2) is 73.6 Å². The van der Waals surface area contributed by atoms with Crippen LogP contribution in [0.1, 0.15) is 64.2 Å². The molecule has 0 spiro atoms. The molecule has 304 valence electrons. The third-order valence-corrected chi connectivity index (χ3v) is 11.3. The fourth-order valence-corrected chi connectivity index (χ4v) is 8.16. The van der Waals surface area contributed by atoms with Gasteiger partial charge in [-0.15, -0.1) is 0 Å². The molecule has 0 aromatic carbocycles. The van der Waals surface area contributed by atoms with Gasteiger partial charge in [-0.25, -0.2) is 29.9 Å². The van der Waals surface area contributed by atoms with Gasteiger partial charge >= 0.3 is 0 Å². The number of aromatic amines is 2. The molecule has 15 nitrogen and oxygen atoms in total. The first-order valence-corrected chi connectivity index (χ1v) is 21.7. The van der Waals surface area contributed by atoms with Crippen LogP contribution in [0.5, 0.6) is 0 Å². The lowest BCUT2D eigenvalue weighted by atomic mass is 9.84. The van der Waals surface area contributed by atoms with Crippen LogP contribution in [0, 0.1) is 11.8 Å². The summed E-state index contributed by atoms with van der Waals surface area (Å²) in [7, 11) is 0.181. The van der Waals surface area contributed by atoms with E-state index in [1.807, 2.05) is 56.0 Å². The predicted molar refractivity (Wildman–Crippen MR) is 227 cm³/mol. The van der Waals surface area contributed by atoms with Crippen LogP contribution >= 0.6 is 0 Å². The molecule has 0 aliphatic heterocycles. The van der Waals surface area contributed by atoms with E-state index in [-0.39, 0.29) is 6.61 Å². The fraction of sp³-hybridized carbons (Fsp3) is 0.463. The molecule has 2 saturated carbocycles. The van der Waals surface area contributed by atoms with Crippen LogP contribution in [0.3, 0.4) is 0 Å². The molecule has 2 fully saturated rings. The zero-order valence-electron chi connectivity index (χ0n) is 33.1. The minimum atomic E-state index is -3.35. The van der Waals surface area contributed by atoms with Gasteiger partial charge in [0.05, 0.1) is 24.3 Å². The van der Waals surface area contributed by atoms with Crippen molar-refractivity contribution in [3.8, 4) is 22.5 Å². The van der Waals surface area contributed by atoms with Crippen molar-refractivity contribution in [2.24, 2.45) is 17.6 Å². The van der Waals surface area contributed by atoms with Gasteiger partial charge in [0.1, 0.15) is 11.3 Å². The summed E-state index contributed by atoms with van der Waals surface area (Å²) >= 11 is 0. The van der Waals surface area contributed by atoms with E-state index < -0.39 is 10.1 Å². The third kappa shape index (κ3) is 11.8. The normalized spacial score (nSPS) is 19.6. The van der Waals surface area contributed by atoms with Gasteiger partial charge in [0.2, 0.25) is 11.9 Å². The predicted octanol–water partition coefficient (Wildman–Crippen LogP) is 6.53. The maximum absolute atomic E-state index is 11.1. The van der Waals surface area contributed by atoms with Crippen molar-refractivity contribution < 1.29 is 12.6 Å². The van der Waals surface area contributed by atoms with Crippen LogP contribution in [-0.4, -0.2) is 93.9 Å². The smallest absolute Gasteiger partial charge is 0.264 e. The number of H-pyrrole nitrogens is 2. The van der Waals surface area contributed by atoms with Crippen molar-refractivity contribution in [3.05, 3.63) is 73.6 Å². The zero-order chi connectivity index (χ0) is 40.0. The Bertz CT molecular complexity index is 2250. The lowest BCUT2D eigenvalue weighted by molar-refractivity contribution is 0.246. The van der Waals surface area contributed by atoms with Gasteiger partial charge < -0.3 is 31.7 Å². The summed E-state index contributed by atoms with van der Waals surface area (Å²) in [5, 5.41) is 12.4. The van der Waals surface area contributed by atoms with Crippen molar-refractivity contribution in [3.63, 3.8) is 0 Å². The summed E-state index contributed by atoms with van der Waals surface area (Å²) in [6.45, 7) is 1.39. The van der Waals surface area contributed by atoms with E-state index in [4.69, 9.17) is 14.2 Å². The van der Waals surface area contributed by atoms with E-state index in [1.54, 1.807) is 18.6 Å². The number of rotatable bonds is 13. The van der Waals surface area contributed by atoms with Crippen LogP contribution in [0.2, 0.25) is 0 Å². The molecule has 2 aliphatic carbocycles. The van der Waals surface area contributed by atoms with Gasteiger partial charge in [-0.05, 0) is 133 Å². The van der Waals surface area contributed by atoms with Gasteiger partial charge in [0.15, 0.2) is 0 Å². The Hall–Kier alpha value is -5.03. The SMILES string of the molecule is CN.CNCCC1CCC(Nc2nccc(-c3c[nH]c4ncccc34)n2)CC1.CS(=O)(=O)OCCC1CCC(Nc2nccc(-c3c[nH]c4ncccc34)n2)CC1. The van der Waals surface area contributed by atoms with Crippen LogP contribution in [0.25, 0.3) is 44.6 Å². The Morgan fingerprint density at radius 1 is 0.684 bits per heavy atom. The maximum Gasteiger partial charge on any atom is 0.264 e. The molecule has 0 radical (unpaired) electrons. The highest BCUT2D eigenvalue weighted by Crippen LogP contribution is 2.31. The minimum absolute atomic E-state index is 0.270. The van der Waals surface area contributed by atoms with Crippen LogP contribution in [-0.2, 0) is 14.3 Å². The van der Waals surface area contributed by atoms with E-state index in [1.165, 1.54) is 39.2 Å². The number of hydrogen-bond donors (Lipinski definition) is 6. The minimum Gasteiger partial charge on any atom is -0.351 e. The molecule has 57 heavy (non-hydrogen) atoms. The van der Waals surface area contributed by atoms with E-state index in [2.05, 4.69) is 57.7 Å². The molecule has 0 bridgehead atoms. The van der Waals surface area contributed by atoms with Crippen LogP contribution < -0.4 is 21.7 Å². The average Bonchev–Trinajstić information content (AvgIpc) is 3.87. The Morgan fingerprint density at radius 2 is 1.16 bits per heavy atom. The highest BCUT2D eigenvalue weighted by atomic mass is 32.2. The average molecular weight is 797 g/mol. The number of hydrogen-bond acceptors (Lipinski definition) is 13. The number of fused-ring (bicyclic) bond motifs is 2. The quantitative estimate of drug-likeness (QED) is 0.0687. The van der Waals surface area contributed by atoms with Crippen molar-refractivity contribution >= 4 is 44.1 Å². The topological polar surface area (TPSA) is 214 Å². The van der Waals surface area contributed by atoms with Crippen molar-refractivity contribution in [2.45, 2.75) is 76.3 Å². The third-order valence-electron chi connectivity index (χ3n) is 10.8. The number of nitrogens with zero attached hydrogens (tertiary/aromatic N) is 6. The Kier molecular flexibility index (Phi) is 14.9. The number of pyridine rings is 2. The first-order chi connectivity index (χ1) is 27.8. The molecule has 2 aliphatic rings. The lowest BCUT2D eigenvalue weighted by Crippen LogP contribution is -2.28. The Morgan fingerprint density at radius 3 is 1.61 bits per heavy atom. The highest BCUT2D eigenvalue weighted by Gasteiger charge is 2.23. The largest absolute Gasteiger partial charge is 0.351 e. The van der Waals surface area contributed by atoms with E-state index in [9.17, 15) is 8.42 Å². The van der Waals surface area contributed by atoms with Crippen molar-refractivity contribution in [2.75, 3.05) is 44.1 Å². The van der Waals surface area contributed by atoms with Crippen molar-refractivity contribution in [1.29, 1.82) is 0 Å².